The number of ether oxygens (including phenoxy) is 1. The molecule has 1 unspecified atom stereocenters. The number of methoxy groups -OCH3 is 1. The number of anilines is 1. The zero-order chi connectivity index (χ0) is 12.0. The van der Waals surface area contributed by atoms with Crippen LogP contribution in [0.5, 0.6) is 5.88 Å². The van der Waals surface area contributed by atoms with Crippen molar-refractivity contribution in [1.82, 2.24) is 9.97 Å². The topological polar surface area (TPSA) is 47.0 Å². The van der Waals surface area contributed by atoms with Gasteiger partial charge in [0.2, 0.25) is 5.88 Å². The van der Waals surface area contributed by atoms with E-state index >= 15 is 0 Å². The van der Waals surface area contributed by atoms with E-state index in [0.717, 1.165) is 18.7 Å². The highest BCUT2D eigenvalue weighted by Gasteiger charge is 2.05. The molecule has 1 atom stereocenters. The van der Waals surface area contributed by atoms with Crippen LogP contribution in [-0.2, 0) is 0 Å². The summed E-state index contributed by atoms with van der Waals surface area (Å²) in [7, 11) is 1.59. The molecule has 0 aliphatic heterocycles. The van der Waals surface area contributed by atoms with E-state index in [1.165, 1.54) is 0 Å². The predicted octanol–water partition coefficient (Wildman–Crippen LogP) is 2.61. The van der Waals surface area contributed by atoms with Crippen LogP contribution in [0.3, 0.4) is 0 Å². The average molecular weight is 244 g/mol. The fourth-order valence-corrected chi connectivity index (χ4v) is 1.66. The minimum Gasteiger partial charge on any atom is -0.481 e. The molecule has 0 radical (unpaired) electrons. The highest BCUT2D eigenvalue weighted by molar-refractivity contribution is 6.20. The third-order valence-corrected chi connectivity index (χ3v) is 2.50. The standard InChI is InChI=1S/C11H18ClN3O/c1-4-5-9(12)7-13-10-6-11(16-3)15-8(2)14-10/h6,9H,4-5,7H2,1-3H3,(H,13,14,15). The van der Waals surface area contributed by atoms with Crippen LogP contribution in [-0.4, -0.2) is 29.0 Å². The van der Waals surface area contributed by atoms with Gasteiger partial charge in [-0.25, -0.2) is 4.98 Å². The molecular formula is C11H18ClN3O. The first-order valence-electron chi connectivity index (χ1n) is 5.43. The summed E-state index contributed by atoms with van der Waals surface area (Å²) in [6.07, 6.45) is 2.08. The van der Waals surface area contributed by atoms with E-state index in [0.29, 0.717) is 18.2 Å². The van der Waals surface area contributed by atoms with Crippen molar-refractivity contribution in [3.05, 3.63) is 11.9 Å². The van der Waals surface area contributed by atoms with Crippen LogP contribution in [0.4, 0.5) is 5.82 Å². The summed E-state index contributed by atoms with van der Waals surface area (Å²) in [6, 6.07) is 1.77. The van der Waals surface area contributed by atoms with Crippen LogP contribution in [0.25, 0.3) is 0 Å². The van der Waals surface area contributed by atoms with Crippen molar-refractivity contribution in [3.8, 4) is 5.88 Å². The lowest BCUT2D eigenvalue weighted by Gasteiger charge is -2.11. The first-order chi connectivity index (χ1) is 7.65. The lowest BCUT2D eigenvalue weighted by atomic mass is 10.2. The van der Waals surface area contributed by atoms with Crippen molar-refractivity contribution < 1.29 is 4.74 Å². The van der Waals surface area contributed by atoms with Crippen LogP contribution in [0.1, 0.15) is 25.6 Å². The molecular weight excluding hydrogens is 226 g/mol. The maximum atomic E-state index is 6.11. The Labute approximate surface area is 101 Å². The summed E-state index contributed by atoms with van der Waals surface area (Å²) in [5.74, 6) is 2.01. The molecule has 1 heterocycles. The van der Waals surface area contributed by atoms with E-state index in [1.807, 2.05) is 6.92 Å². The second-order valence-electron chi connectivity index (χ2n) is 3.61. The maximum Gasteiger partial charge on any atom is 0.218 e. The fraction of sp³-hybridized carbons (Fsp3) is 0.636. The summed E-state index contributed by atoms with van der Waals surface area (Å²) >= 11 is 6.11. The van der Waals surface area contributed by atoms with Crippen LogP contribution < -0.4 is 10.1 Å². The highest BCUT2D eigenvalue weighted by atomic mass is 35.5. The monoisotopic (exact) mass is 243 g/mol. The molecule has 0 saturated heterocycles. The van der Waals surface area contributed by atoms with Crippen LogP contribution in [0.15, 0.2) is 6.07 Å². The Kier molecular flexibility index (Phi) is 5.32. The Bertz CT molecular complexity index is 333. The molecule has 4 nitrogen and oxygen atoms in total. The molecule has 0 aliphatic carbocycles. The second-order valence-corrected chi connectivity index (χ2v) is 4.23. The Balaban J connectivity index is 2.56. The zero-order valence-electron chi connectivity index (χ0n) is 9.96. The first-order valence-corrected chi connectivity index (χ1v) is 5.87. The van der Waals surface area contributed by atoms with Gasteiger partial charge in [-0.2, -0.15) is 4.98 Å². The van der Waals surface area contributed by atoms with Crippen LogP contribution in [0.2, 0.25) is 0 Å². The van der Waals surface area contributed by atoms with Crippen molar-refractivity contribution in [2.45, 2.75) is 32.1 Å². The number of aryl methyl sites for hydroxylation is 1. The van der Waals surface area contributed by atoms with Gasteiger partial charge in [0.15, 0.2) is 0 Å². The van der Waals surface area contributed by atoms with E-state index in [-0.39, 0.29) is 5.38 Å². The van der Waals surface area contributed by atoms with E-state index in [1.54, 1.807) is 13.2 Å². The molecule has 0 fully saturated rings. The Morgan fingerprint density at radius 3 is 2.88 bits per heavy atom. The second kappa shape index (κ2) is 6.53. The van der Waals surface area contributed by atoms with Crippen molar-refractivity contribution in [2.75, 3.05) is 19.0 Å². The molecule has 0 bridgehead atoms. The van der Waals surface area contributed by atoms with Gasteiger partial charge in [-0.1, -0.05) is 13.3 Å². The molecule has 1 N–H and O–H groups in total. The lowest BCUT2D eigenvalue weighted by Crippen LogP contribution is -2.15. The molecule has 1 aromatic rings. The molecule has 1 aromatic heterocycles. The van der Waals surface area contributed by atoms with E-state index in [9.17, 15) is 0 Å². The van der Waals surface area contributed by atoms with Gasteiger partial charge in [0, 0.05) is 12.6 Å². The SMILES string of the molecule is CCCC(Cl)CNc1cc(OC)nc(C)n1. The van der Waals surface area contributed by atoms with Gasteiger partial charge >= 0.3 is 0 Å². The average Bonchev–Trinajstić information content (AvgIpc) is 2.26. The van der Waals surface area contributed by atoms with Gasteiger partial charge in [-0.3, -0.25) is 0 Å². The summed E-state index contributed by atoms with van der Waals surface area (Å²) in [5, 5.41) is 3.31. The van der Waals surface area contributed by atoms with E-state index in [4.69, 9.17) is 16.3 Å². The third kappa shape index (κ3) is 4.23. The number of nitrogens with zero attached hydrogens (tertiary/aromatic N) is 2. The lowest BCUT2D eigenvalue weighted by molar-refractivity contribution is 0.396. The third-order valence-electron chi connectivity index (χ3n) is 2.13. The number of halogens is 1. The van der Waals surface area contributed by atoms with Gasteiger partial charge < -0.3 is 10.1 Å². The number of hydrogen-bond donors (Lipinski definition) is 1. The summed E-state index contributed by atoms with van der Waals surface area (Å²) in [4.78, 5) is 8.36. The Morgan fingerprint density at radius 1 is 1.50 bits per heavy atom. The van der Waals surface area contributed by atoms with Crippen molar-refractivity contribution in [3.63, 3.8) is 0 Å². The number of nitrogens with one attached hydrogen (secondary N) is 1. The Hall–Kier alpha value is -1.03. The number of rotatable bonds is 6. The van der Waals surface area contributed by atoms with Gasteiger partial charge in [0.25, 0.3) is 0 Å². The highest BCUT2D eigenvalue weighted by Crippen LogP contribution is 2.13. The maximum absolute atomic E-state index is 6.11. The van der Waals surface area contributed by atoms with Crippen molar-refractivity contribution >= 4 is 17.4 Å². The van der Waals surface area contributed by atoms with E-state index < -0.39 is 0 Å². The van der Waals surface area contributed by atoms with E-state index in [2.05, 4.69) is 22.2 Å². The molecule has 0 saturated carbocycles. The summed E-state index contributed by atoms with van der Waals surface area (Å²) in [5.41, 5.74) is 0. The Morgan fingerprint density at radius 2 is 2.25 bits per heavy atom. The normalized spacial score (nSPS) is 12.2. The number of hydrogen-bond acceptors (Lipinski definition) is 4. The van der Waals surface area contributed by atoms with Crippen LogP contribution in [0, 0.1) is 6.92 Å². The molecule has 0 spiro atoms. The number of alkyl halides is 1. The smallest absolute Gasteiger partial charge is 0.218 e. The molecule has 0 aliphatic rings. The van der Waals surface area contributed by atoms with Gasteiger partial charge in [0.1, 0.15) is 11.6 Å². The minimum absolute atomic E-state index is 0.131. The van der Waals surface area contributed by atoms with Crippen molar-refractivity contribution in [2.24, 2.45) is 0 Å². The summed E-state index contributed by atoms with van der Waals surface area (Å²) < 4.78 is 5.07. The molecule has 0 amide bonds. The van der Waals surface area contributed by atoms with Gasteiger partial charge in [-0.05, 0) is 13.3 Å². The minimum atomic E-state index is 0.131. The summed E-state index contributed by atoms with van der Waals surface area (Å²) in [6.45, 7) is 4.65. The van der Waals surface area contributed by atoms with Gasteiger partial charge in [0.05, 0.1) is 12.5 Å². The molecule has 16 heavy (non-hydrogen) atoms. The zero-order valence-corrected chi connectivity index (χ0v) is 10.7. The number of aromatic nitrogens is 2. The predicted molar refractivity (Wildman–Crippen MR) is 66.4 cm³/mol. The van der Waals surface area contributed by atoms with Gasteiger partial charge in [-0.15, -0.1) is 11.6 Å². The molecule has 0 aromatic carbocycles. The largest absolute Gasteiger partial charge is 0.481 e. The quantitative estimate of drug-likeness (QED) is 0.781. The fourth-order valence-electron chi connectivity index (χ4n) is 1.37. The van der Waals surface area contributed by atoms with Crippen LogP contribution >= 0.6 is 11.6 Å². The molecule has 1 rings (SSSR count). The molecule has 90 valence electrons. The van der Waals surface area contributed by atoms with Crippen molar-refractivity contribution in [1.29, 1.82) is 0 Å². The molecule has 5 heteroatoms. The first kappa shape index (κ1) is 13.0.